The van der Waals surface area contributed by atoms with E-state index in [-0.39, 0.29) is 25.6 Å². The van der Waals surface area contributed by atoms with E-state index in [4.69, 9.17) is 9.47 Å². The summed E-state index contributed by atoms with van der Waals surface area (Å²) in [6.45, 7) is 3.96. The van der Waals surface area contributed by atoms with Crippen LogP contribution in [0.15, 0.2) is 48.6 Å². The Balaban J connectivity index is 3.59. The van der Waals surface area contributed by atoms with Crippen LogP contribution in [0.4, 0.5) is 0 Å². The van der Waals surface area contributed by atoms with Crippen molar-refractivity contribution in [2.45, 2.75) is 187 Å². The summed E-state index contributed by atoms with van der Waals surface area (Å²) in [7, 11) is 0. The first kappa shape index (κ1) is 43.9. The first-order valence-corrected chi connectivity index (χ1v) is 19.2. The fourth-order valence-electron chi connectivity index (χ4n) is 5.27. The zero-order chi connectivity index (χ0) is 33.6. The molecule has 46 heavy (non-hydrogen) atoms. The van der Waals surface area contributed by atoms with Crippen LogP contribution in [-0.4, -0.2) is 36.4 Å². The molecule has 0 bridgehead atoms. The van der Waals surface area contributed by atoms with Crippen LogP contribution in [0.3, 0.4) is 0 Å². The van der Waals surface area contributed by atoms with Crippen molar-refractivity contribution in [3.05, 3.63) is 48.6 Å². The van der Waals surface area contributed by atoms with Crippen LogP contribution in [0.2, 0.25) is 0 Å². The van der Waals surface area contributed by atoms with Gasteiger partial charge in [0.05, 0.1) is 6.61 Å². The van der Waals surface area contributed by atoms with Gasteiger partial charge in [0, 0.05) is 12.8 Å². The van der Waals surface area contributed by atoms with E-state index in [0.29, 0.717) is 12.8 Å². The monoisotopic (exact) mass is 645 g/mol. The van der Waals surface area contributed by atoms with Gasteiger partial charge in [0.1, 0.15) is 6.61 Å². The van der Waals surface area contributed by atoms with Gasteiger partial charge in [-0.15, -0.1) is 0 Å². The fourth-order valence-corrected chi connectivity index (χ4v) is 5.27. The number of carbonyl (C=O) groups excluding carboxylic acids is 2. The largest absolute Gasteiger partial charge is 0.462 e. The number of unbranched alkanes of at least 4 members (excludes halogenated alkanes) is 18. The van der Waals surface area contributed by atoms with Crippen molar-refractivity contribution < 1.29 is 24.2 Å². The molecule has 0 aromatic carbocycles. The molecule has 0 amide bonds. The molecule has 0 heterocycles. The van der Waals surface area contributed by atoms with Gasteiger partial charge in [-0.2, -0.15) is 0 Å². The number of ether oxygens (including phenoxy) is 2. The molecule has 0 aliphatic heterocycles. The lowest BCUT2D eigenvalue weighted by Crippen LogP contribution is -2.28. The van der Waals surface area contributed by atoms with Crippen LogP contribution in [0.1, 0.15) is 181 Å². The predicted molar refractivity (Wildman–Crippen MR) is 196 cm³/mol. The summed E-state index contributed by atoms with van der Waals surface area (Å²) in [4.78, 5) is 24.2. The fraction of sp³-hybridized carbons (Fsp3) is 0.756. The van der Waals surface area contributed by atoms with Gasteiger partial charge in [0.25, 0.3) is 0 Å². The molecule has 1 unspecified atom stereocenters. The van der Waals surface area contributed by atoms with Crippen LogP contribution in [0.5, 0.6) is 0 Å². The van der Waals surface area contributed by atoms with E-state index in [0.717, 1.165) is 44.9 Å². The Labute approximate surface area is 284 Å². The Morgan fingerprint density at radius 3 is 1.37 bits per heavy atom. The smallest absolute Gasteiger partial charge is 0.306 e. The molecular formula is C41H72O5. The summed E-state index contributed by atoms with van der Waals surface area (Å²) >= 11 is 0. The number of aliphatic hydroxyl groups is 1. The molecule has 5 heteroatoms. The third kappa shape index (κ3) is 34.7. The molecule has 0 fully saturated rings. The van der Waals surface area contributed by atoms with Gasteiger partial charge in [0.15, 0.2) is 6.10 Å². The van der Waals surface area contributed by atoms with Crippen molar-refractivity contribution in [3.8, 4) is 0 Å². The molecule has 1 atom stereocenters. The van der Waals surface area contributed by atoms with Gasteiger partial charge in [0.2, 0.25) is 0 Å². The third-order valence-corrected chi connectivity index (χ3v) is 8.15. The molecular weight excluding hydrogens is 572 g/mol. The number of rotatable bonds is 34. The second-order valence-corrected chi connectivity index (χ2v) is 12.6. The van der Waals surface area contributed by atoms with E-state index in [1.807, 2.05) is 12.2 Å². The third-order valence-electron chi connectivity index (χ3n) is 8.15. The van der Waals surface area contributed by atoms with Crippen LogP contribution in [0.25, 0.3) is 0 Å². The highest BCUT2D eigenvalue weighted by molar-refractivity contribution is 5.70. The van der Waals surface area contributed by atoms with Crippen molar-refractivity contribution in [2.75, 3.05) is 13.2 Å². The van der Waals surface area contributed by atoms with Crippen molar-refractivity contribution in [1.29, 1.82) is 0 Å². The number of allylic oxidation sites excluding steroid dienone is 8. The minimum atomic E-state index is -0.806. The van der Waals surface area contributed by atoms with Crippen LogP contribution >= 0.6 is 0 Å². The maximum absolute atomic E-state index is 12.1. The zero-order valence-electron chi connectivity index (χ0n) is 30.1. The number of hydrogen-bond acceptors (Lipinski definition) is 5. The zero-order valence-corrected chi connectivity index (χ0v) is 30.1. The van der Waals surface area contributed by atoms with Crippen molar-refractivity contribution in [1.82, 2.24) is 0 Å². The Morgan fingerprint density at radius 1 is 0.522 bits per heavy atom. The van der Waals surface area contributed by atoms with E-state index in [2.05, 4.69) is 50.3 Å². The molecule has 0 radical (unpaired) electrons. The SMILES string of the molecule is CC/C=C\C/C=C\C/C=C\C/C=C\CCC(=O)OC(CO)COC(=O)CCCCCCCCCCCCCCCCCCCCC. The molecule has 266 valence electrons. The van der Waals surface area contributed by atoms with E-state index in [1.165, 1.54) is 103 Å². The number of aliphatic hydroxyl groups excluding tert-OH is 1. The van der Waals surface area contributed by atoms with E-state index in [1.54, 1.807) is 0 Å². The van der Waals surface area contributed by atoms with Gasteiger partial charge in [-0.05, 0) is 38.5 Å². The first-order valence-electron chi connectivity index (χ1n) is 19.2. The van der Waals surface area contributed by atoms with Gasteiger partial charge >= 0.3 is 11.9 Å². The van der Waals surface area contributed by atoms with Gasteiger partial charge < -0.3 is 14.6 Å². The molecule has 0 spiro atoms. The molecule has 0 aromatic rings. The molecule has 0 aliphatic carbocycles. The minimum Gasteiger partial charge on any atom is -0.462 e. The second-order valence-electron chi connectivity index (χ2n) is 12.6. The van der Waals surface area contributed by atoms with E-state index >= 15 is 0 Å². The van der Waals surface area contributed by atoms with Crippen molar-refractivity contribution in [2.24, 2.45) is 0 Å². The van der Waals surface area contributed by atoms with E-state index < -0.39 is 12.1 Å². The standard InChI is InChI=1S/C41H72O5/c1-3-5-7-9-11-13-15-17-18-19-20-21-22-24-25-27-29-31-33-35-40(43)45-38-39(37-42)46-41(44)36-34-32-30-28-26-23-16-14-12-10-8-6-4-2/h6,8,12,14,23,26,30,32,39,42H,3-5,7,9-11,13,15-22,24-25,27-29,31,33-38H2,1-2H3/b8-6-,14-12-,26-23-,32-30-. The van der Waals surface area contributed by atoms with Gasteiger partial charge in [-0.1, -0.05) is 178 Å². The summed E-state index contributed by atoms with van der Waals surface area (Å²) < 4.78 is 10.5. The van der Waals surface area contributed by atoms with Gasteiger partial charge in [-0.3, -0.25) is 9.59 Å². The highest BCUT2D eigenvalue weighted by atomic mass is 16.6. The topological polar surface area (TPSA) is 72.8 Å². The molecule has 0 aliphatic rings. The highest BCUT2D eigenvalue weighted by Gasteiger charge is 2.15. The van der Waals surface area contributed by atoms with Gasteiger partial charge in [-0.25, -0.2) is 0 Å². The van der Waals surface area contributed by atoms with Crippen LogP contribution in [0, 0.1) is 0 Å². The Kier molecular flexibility index (Phi) is 35.6. The summed E-state index contributed by atoms with van der Waals surface area (Å²) in [5.41, 5.74) is 0. The number of carbonyl (C=O) groups is 2. The Bertz CT molecular complexity index is 782. The normalized spacial score (nSPS) is 12.7. The molecule has 0 saturated carbocycles. The quantitative estimate of drug-likeness (QED) is 0.0429. The highest BCUT2D eigenvalue weighted by Crippen LogP contribution is 2.15. The number of hydrogen-bond donors (Lipinski definition) is 1. The van der Waals surface area contributed by atoms with Crippen LogP contribution in [-0.2, 0) is 19.1 Å². The Morgan fingerprint density at radius 2 is 0.935 bits per heavy atom. The lowest BCUT2D eigenvalue weighted by Gasteiger charge is -2.15. The van der Waals surface area contributed by atoms with E-state index in [9.17, 15) is 14.7 Å². The summed E-state index contributed by atoms with van der Waals surface area (Å²) in [6, 6.07) is 0. The first-order chi connectivity index (χ1) is 22.6. The van der Waals surface area contributed by atoms with Crippen molar-refractivity contribution >= 4 is 11.9 Å². The predicted octanol–water partition coefficient (Wildman–Crippen LogP) is 11.8. The average Bonchev–Trinajstić information content (AvgIpc) is 3.06. The summed E-state index contributed by atoms with van der Waals surface area (Å²) in [5, 5.41) is 9.52. The summed E-state index contributed by atoms with van der Waals surface area (Å²) in [5.74, 6) is -0.683. The lowest BCUT2D eigenvalue weighted by atomic mass is 10.0. The molecule has 5 nitrogen and oxygen atoms in total. The maximum Gasteiger partial charge on any atom is 0.306 e. The molecule has 0 rings (SSSR count). The average molecular weight is 645 g/mol. The molecule has 0 aromatic heterocycles. The minimum absolute atomic E-state index is 0.0931. The second kappa shape index (κ2) is 37.3. The lowest BCUT2D eigenvalue weighted by molar-refractivity contribution is -0.161. The summed E-state index contributed by atoms with van der Waals surface area (Å²) in [6.07, 6.45) is 46.2. The Hall–Kier alpha value is -2.14. The van der Waals surface area contributed by atoms with Crippen molar-refractivity contribution in [3.63, 3.8) is 0 Å². The molecule has 1 N–H and O–H groups in total. The number of esters is 2. The maximum atomic E-state index is 12.1. The molecule has 0 saturated heterocycles. The van der Waals surface area contributed by atoms with Crippen LogP contribution < -0.4 is 0 Å².